The maximum Gasteiger partial charge on any atom is 0.272 e. The number of piperidine rings is 1. The molecule has 1 saturated heterocycles. The van der Waals surface area contributed by atoms with Crippen molar-refractivity contribution in [2.75, 3.05) is 13.1 Å². The van der Waals surface area contributed by atoms with E-state index in [0.717, 1.165) is 18.8 Å². The van der Waals surface area contributed by atoms with Gasteiger partial charge >= 0.3 is 0 Å². The van der Waals surface area contributed by atoms with Crippen LogP contribution < -0.4 is 0 Å². The van der Waals surface area contributed by atoms with Gasteiger partial charge in [0.25, 0.3) is 5.78 Å². The molecule has 1 aromatic heterocycles. The van der Waals surface area contributed by atoms with Crippen LogP contribution in [0.1, 0.15) is 35.6 Å². The Morgan fingerprint density at radius 2 is 2.06 bits per heavy atom. The van der Waals surface area contributed by atoms with E-state index in [2.05, 4.69) is 12.0 Å². The Kier molecular flexibility index (Phi) is 3.31. The maximum absolute atomic E-state index is 11.6. The van der Waals surface area contributed by atoms with Crippen LogP contribution in [-0.4, -0.2) is 23.8 Å². The summed E-state index contributed by atoms with van der Waals surface area (Å²) in [5.41, 5.74) is 0. The average Bonchev–Trinajstić information content (AvgIpc) is 2.74. The number of carbonyl (C=O) groups is 1. The quantitative estimate of drug-likeness (QED) is 0.534. The minimum Gasteiger partial charge on any atom is -0.457 e. The van der Waals surface area contributed by atoms with E-state index in [1.54, 1.807) is 12.1 Å². The van der Waals surface area contributed by atoms with Crippen molar-refractivity contribution in [3.8, 4) is 12.0 Å². The molecule has 0 radical (unpaired) electrons. The summed E-state index contributed by atoms with van der Waals surface area (Å²) in [5.74, 6) is 3.46. The number of furan rings is 1. The Balaban J connectivity index is 1.98. The second kappa shape index (κ2) is 4.89. The van der Waals surface area contributed by atoms with Crippen molar-refractivity contribution >= 4 is 5.78 Å². The van der Waals surface area contributed by atoms with Crippen LogP contribution in [0.25, 0.3) is 0 Å². The smallest absolute Gasteiger partial charge is 0.272 e. The number of rotatable bonds is 1. The fraction of sp³-hybridized carbons (Fsp3) is 0.462. The Morgan fingerprint density at radius 1 is 1.31 bits per heavy atom. The molecule has 1 aromatic rings. The molecule has 0 bridgehead atoms. The molecule has 1 fully saturated rings. The highest BCUT2D eigenvalue weighted by atomic mass is 16.3. The number of likely N-dealkylation sites (tertiary alicyclic amines) is 1. The van der Waals surface area contributed by atoms with Crippen molar-refractivity contribution in [2.24, 2.45) is 0 Å². The molecule has 3 nitrogen and oxygen atoms in total. The summed E-state index contributed by atoms with van der Waals surface area (Å²) in [6.45, 7) is 3.75. The zero-order valence-electron chi connectivity index (χ0n) is 9.45. The molecule has 0 N–H and O–H groups in total. The topological polar surface area (TPSA) is 33.5 Å². The standard InChI is InChI=1S/C13H15NO2/c1-11-5-6-13(16-11)12(15)7-10-14-8-3-2-4-9-14/h5-6H,2-4,8-9H2,1H3. The van der Waals surface area contributed by atoms with Gasteiger partial charge in [0.2, 0.25) is 0 Å². The molecule has 0 unspecified atom stereocenters. The second-order valence-electron chi connectivity index (χ2n) is 4.02. The summed E-state index contributed by atoms with van der Waals surface area (Å²) in [7, 11) is 0. The number of ketones is 1. The summed E-state index contributed by atoms with van der Waals surface area (Å²) in [5, 5.41) is 0. The zero-order valence-corrected chi connectivity index (χ0v) is 9.45. The molecular formula is C13H15NO2. The molecule has 16 heavy (non-hydrogen) atoms. The molecule has 0 spiro atoms. The lowest BCUT2D eigenvalue weighted by Crippen LogP contribution is -2.24. The molecule has 0 atom stereocenters. The summed E-state index contributed by atoms with van der Waals surface area (Å²) in [6, 6.07) is 6.35. The SMILES string of the molecule is Cc1ccc(C(=O)C#CN2CCCCC2)o1. The highest BCUT2D eigenvalue weighted by Crippen LogP contribution is 2.08. The fourth-order valence-electron chi connectivity index (χ4n) is 1.75. The van der Waals surface area contributed by atoms with E-state index in [-0.39, 0.29) is 5.78 Å². The highest BCUT2D eigenvalue weighted by molar-refractivity contribution is 6.07. The Bertz CT molecular complexity index is 430. The third-order valence-corrected chi connectivity index (χ3v) is 2.65. The number of Topliss-reactive ketones (excluding diaryl/α,β-unsaturated/α-hetero) is 1. The predicted octanol–water partition coefficient (Wildman–Crippen LogP) is 2.22. The second-order valence-corrected chi connectivity index (χ2v) is 4.02. The first-order valence-electron chi connectivity index (χ1n) is 5.63. The van der Waals surface area contributed by atoms with E-state index < -0.39 is 0 Å². The van der Waals surface area contributed by atoms with Crippen LogP contribution in [-0.2, 0) is 0 Å². The van der Waals surface area contributed by atoms with Crippen molar-refractivity contribution in [1.29, 1.82) is 0 Å². The van der Waals surface area contributed by atoms with Gasteiger partial charge in [0.1, 0.15) is 5.76 Å². The van der Waals surface area contributed by atoms with Crippen LogP contribution in [0.5, 0.6) is 0 Å². The molecule has 3 heteroatoms. The minimum atomic E-state index is -0.237. The monoisotopic (exact) mass is 217 g/mol. The number of aryl methyl sites for hydroxylation is 1. The maximum atomic E-state index is 11.6. The van der Waals surface area contributed by atoms with Crippen LogP contribution in [0.15, 0.2) is 16.5 Å². The van der Waals surface area contributed by atoms with E-state index in [9.17, 15) is 4.79 Å². The van der Waals surface area contributed by atoms with Gasteiger partial charge in [-0.05, 0) is 38.3 Å². The van der Waals surface area contributed by atoms with Crippen LogP contribution >= 0.6 is 0 Å². The lowest BCUT2D eigenvalue weighted by Gasteiger charge is -2.21. The molecule has 0 amide bonds. The van der Waals surface area contributed by atoms with Gasteiger partial charge in [0, 0.05) is 25.1 Å². The van der Waals surface area contributed by atoms with Gasteiger partial charge < -0.3 is 9.32 Å². The van der Waals surface area contributed by atoms with Gasteiger partial charge in [-0.1, -0.05) is 0 Å². The number of carbonyl (C=O) groups excluding carboxylic acids is 1. The largest absolute Gasteiger partial charge is 0.457 e. The van der Waals surface area contributed by atoms with Gasteiger partial charge in [-0.2, -0.15) is 0 Å². The van der Waals surface area contributed by atoms with E-state index >= 15 is 0 Å². The summed E-state index contributed by atoms with van der Waals surface area (Å²) in [4.78, 5) is 13.6. The van der Waals surface area contributed by atoms with Gasteiger partial charge in [-0.25, -0.2) is 0 Å². The van der Waals surface area contributed by atoms with Crippen molar-refractivity contribution < 1.29 is 9.21 Å². The molecule has 0 aliphatic carbocycles. The first-order valence-corrected chi connectivity index (χ1v) is 5.63. The molecule has 1 aliphatic heterocycles. The minimum absolute atomic E-state index is 0.237. The van der Waals surface area contributed by atoms with E-state index in [1.807, 2.05) is 11.8 Å². The molecular weight excluding hydrogens is 202 g/mol. The molecule has 0 aromatic carbocycles. The van der Waals surface area contributed by atoms with Crippen molar-refractivity contribution in [2.45, 2.75) is 26.2 Å². The normalized spacial score (nSPS) is 15.4. The lowest BCUT2D eigenvalue weighted by molar-refractivity contribution is 0.103. The number of hydrogen-bond donors (Lipinski definition) is 0. The third kappa shape index (κ3) is 2.66. The molecule has 1 aliphatic rings. The van der Waals surface area contributed by atoms with Crippen LogP contribution in [0, 0.1) is 18.9 Å². The Labute approximate surface area is 95.4 Å². The molecule has 0 saturated carbocycles. The van der Waals surface area contributed by atoms with Gasteiger partial charge in [-0.3, -0.25) is 4.79 Å². The van der Waals surface area contributed by atoms with Gasteiger partial charge in [0.15, 0.2) is 5.76 Å². The predicted molar refractivity (Wildman–Crippen MR) is 61.0 cm³/mol. The van der Waals surface area contributed by atoms with Crippen LogP contribution in [0.2, 0.25) is 0 Å². The third-order valence-electron chi connectivity index (χ3n) is 2.65. The van der Waals surface area contributed by atoms with Gasteiger partial charge in [0.05, 0.1) is 0 Å². The van der Waals surface area contributed by atoms with E-state index in [4.69, 9.17) is 4.42 Å². The van der Waals surface area contributed by atoms with Crippen molar-refractivity contribution in [3.05, 3.63) is 23.7 Å². The summed E-state index contributed by atoms with van der Waals surface area (Å²) < 4.78 is 5.21. The van der Waals surface area contributed by atoms with E-state index in [1.165, 1.54) is 19.3 Å². The van der Waals surface area contributed by atoms with Crippen LogP contribution in [0.3, 0.4) is 0 Å². The van der Waals surface area contributed by atoms with Gasteiger partial charge in [-0.15, -0.1) is 0 Å². The summed E-state index contributed by atoms with van der Waals surface area (Å²) in [6.07, 6.45) is 3.61. The first-order chi connectivity index (χ1) is 7.75. The van der Waals surface area contributed by atoms with Crippen LogP contribution in [0.4, 0.5) is 0 Å². The van der Waals surface area contributed by atoms with Crippen molar-refractivity contribution in [1.82, 2.24) is 4.90 Å². The zero-order chi connectivity index (χ0) is 11.4. The highest BCUT2D eigenvalue weighted by Gasteiger charge is 2.08. The lowest BCUT2D eigenvalue weighted by atomic mass is 10.1. The number of nitrogens with zero attached hydrogens (tertiary/aromatic N) is 1. The first kappa shape index (κ1) is 10.8. The number of hydrogen-bond acceptors (Lipinski definition) is 3. The average molecular weight is 217 g/mol. The van der Waals surface area contributed by atoms with Crippen molar-refractivity contribution in [3.63, 3.8) is 0 Å². The molecule has 84 valence electrons. The Morgan fingerprint density at radius 3 is 2.69 bits per heavy atom. The molecule has 2 heterocycles. The summed E-state index contributed by atoms with van der Waals surface area (Å²) >= 11 is 0. The fourth-order valence-corrected chi connectivity index (χ4v) is 1.75. The van der Waals surface area contributed by atoms with E-state index in [0.29, 0.717) is 5.76 Å². The molecule has 2 rings (SSSR count). The Hall–Kier alpha value is -1.69.